The van der Waals surface area contributed by atoms with Crippen molar-refractivity contribution in [3.8, 4) is 0 Å². The quantitative estimate of drug-likeness (QED) is 0.648. The van der Waals surface area contributed by atoms with Crippen LogP contribution in [0.5, 0.6) is 0 Å². The summed E-state index contributed by atoms with van der Waals surface area (Å²) in [5.74, 6) is -0.240. The summed E-state index contributed by atoms with van der Waals surface area (Å²) in [6, 6.07) is 9.94. The Hall–Kier alpha value is -3.35. The van der Waals surface area contributed by atoms with Crippen LogP contribution in [0.2, 0.25) is 0 Å². The van der Waals surface area contributed by atoms with Gasteiger partial charge in [-0.1, -0.05) is 0 Å². The summed E-state index contributed by atoms with van der Waals surface area (Å²) < 4.78 is 6.99. The minimum absolute atomic E-state index is 0.144. The summed E-state index contributed by atoms with van der Waals surface area (Å²) >= 11 is 0. The van der Waals surface area contributed by atoms with E-state index in [9.17, 15) is 9.59 Å². The van der Waals surface area contributed by atoms with Gasteiger partial charge < -0.3 is 19.6 Å². The fraction of sp³-hybridized carbons (Fsp3) is 0.167. The average Bonchev–Trinajstić information content (AvgIpc) is 3.32. The number of imidazole rings is 1. The standard InChI is InChI=1S/C18H18N4O3/c23-17(20-8-2-10-22-11-9-19-13-22)14-4-6-15(7-5-14)21-18(24)16-3-1-12-25-16/h1,3-7,9,11-13H,2,8,10H2,(H,20,23)(H,21,24). The van der Waals surface area contributed by atoms with Crippen LogP contribution in [0, 0.1) is 0 Å². The van der Waals surface area contributed by atoms with Gasteiger partial charge in [0.05, 0.1) is 12.6 Å². The van der Waals surface area contributed by atoms with Crippen molar-refractivity contribution in [3.05, 3.63) is 72.7 Å². The van der Waals surface area contributed by atoms with E-state index in [4.69, 9.17) is 4.42 Å². The Kier molecular flexibility index (Phi) is 5.26. The van der Waals surface area contributed by atoms with E-state index < -0.39 is 0 Å². The molecule has 7 heteroatoms. The summed E-state index contributed by atoms with van der Waals surface area (Å²) in [6.07, 6.45) is 7.62. The molecule has 0 aliphatic carbocycles. The predicted molar refractivity (Wildman–Crippen MR) is 92.3 cm³/mol. The first-order valence-electron chi connectivity index (χ1n) is 7.91. The normalized spacial score (nSPS) is 10.4. The maximum absolute atomic E-state index is 12.1. The topological polar surface area (TPSA) is 89.2 Å². The molecule has 3 rings (SSSR count). The third-order valence-corrected chi connectivity index (χ3v) is 3.59. The first-order chi connectivity index (χ1) is 12.2. The van der Waals surface area contributed by atoms with Crippen molar-refractivity contribution in [1.82, 2.24) is 14.9 Å². The molecule has 7 nitrogen and oxygen atoms in total. The predicted octanol–water partition coefficient (Wildman–Crippen LogP) is 2.55. The van der Waals surface area contributed by atoms with Crippen LogP contribution in [-0.2, 0) is 6.54 Å². The number of carbonyl (C=O) groups excluding carboxylic acids is 2. The van der Waals surface area contributed by atoms with Gasteiger partial charge in [-0.3, -0.25) is 9.59 Å². The van der Waals surface area contributed by atoms with E-state index in [0.29, 0.717) is 17.8 Å². The fourth-order valence-corrected chi connectivity index (χ4v) is 2.29. The van der Waals surface area contributed by atoms with Crippen molar-refractivity contribution >= 4 is 17.5 Å². The monoisotopic (exact) mass is 338 g/mol. The number of hydrogen-bond donors (Lipinski definition) is 2. The molecule has 2 N–H and O–H groups in total. The van der Waals surface area contributed by atoms with Crippen LogP contribution in [0.4, 0.5) is 5.69 Å². The Morgan fingerprint density at radius 3 is 2.64 bits per heavy atom. The number of anilines is 1. The molecule has 0 bridgehead atoms. The number of rotatable bonds is 7. The van der Waals surface area contributed by atoms with Crippen molar-refractivity contribution in [2.24, 2.45) is 0 Å². The zero-order chi connectivity index (χ0) is 17.5. The highest BCUT2D eigenvalue weighted by atomic mass is 16.3. The maximum Gasteiger partial charge on any atom is 0.291 e. The first kappa shape index (κ1) is 16.5. The molecule has 1 aromatic carbocycles. The van der Waals surface area contributed by atoms with Crippen LogP contribution < -0.4 is 10.6 Å². The number of nitrogens with zero attached hydrogens (tertiary/aromatic N) is 2. The molecule has 0 spiro atoms. The molecule has 0 fully saturated rings. The van der Waals surface area contributed by atoms with Crippen molar-refractivity contribution in [3.63, 3.8) is 0 Å². The molecule has 0 aliphatic rings. The first-order valence-corrected chi connectivity index (χ1v) is 7.91. The third kappa shape index (κ3) is 4.57. The van der Waals surface area contributed by atoms with Crippen LogP contribution in [0.3, 0.4) is 0 Å². The molecule has 25 heavy (non-hydrogen) atoms. The van der Waals surface area contributed by atoms with Crippen LogP contribution in [0.25, 0.3) is 0 Å². The fourth-order valence-electron chi connectivity index (χ4n) is 2.29. The van der Waals surface area contributed by atoms with Gasteiger partial charge in [0.1, 0.15) is 0 Å². The van der Waals surface area contributed by atoms with Gasteiger partial charge in [0.25, 0.3) is 11.8 Å². The van der Waals surface area contributed by atoms with Gasteiger partial charge in [0, 0.05) is 36.7 Å². The number of nitrogens with one attached hydrogen (secondary N) is 2. The molecule has 0 aliphatic heterocycles. The third-order valence-electron chi connectivity index (χ3n) is 3.59. The van der Waals surface area contributed by atoms with Crippen molar-refractivity contribution < 1.29 is 14.0 Å². The van der Waals surface area contributed by atoms with Crippen LogP contribution in [0.15, 0.2) is 65.8 Å². The molecular formula is C18H18N4O3. The van der Waals surface area contributed by atoms with Gasteiger partial charge in [-0.2, -0.15) is 0 Å². The van der Waals surface area contributed by atoms with E-state index in [1.54, 1.807) is 48.9 Å². The number of benzene rings is 1. The van der Waals surface area contributed by atoms with Crippen molar-refractivity contribution in [2.45, 2.75) is 13.0 Å². The van der Waals surface area contributed by atoms with Gasteiger partial charge in [-0.25, -0.2) is 4.98 Å². The second-order valence-electron chi connectivity index (χ2n) is 5.42. The van der Waals surface area contributed by atoms with Crippen molar-refractivity contribution in [1.29, 1.82) is 0 Å². The smallest absolute Gasteiger partial charge is 0.291 e. The molecule has 2 amide bonds. The van der Waals surface area contributed by atoms with Crippen molar-refractivity contribution in [2.75, 3.05) is 11.9 Å². The van der Waals surface area contributed by atoms with Gasteiger partial charge in [-0.15, -0.1) is 0 Å². The van der Waals surface area contributed by atoms with E-state index in [0.717, 1.165) is 13.0 Å². The highest BCUT2D eigenvalue weighted by Crippen LogP contribution is 2.12. The van der Waals surface area contributed by atoms with Crippen LogP contribution >= 0.6 is 0 Å². The van der Waals surface area contributed by atoms with Gasteiger partial charge >= 0.3 is 0 Å². The number of furan rings is 1. The van der Waals surface area contributed by atoms with E-state index >= 15 is 0 Å². The van der Waals surface area contributed by atoms with Crippen LogP contribution in [-0.4, -0.2) is 27.9 Å². The summed E-state index contributed by atoms with van der Waals surface area (Å²) in [5.41, 5.74) is 1.14. The summed E-state index contributed by atoms with van der Waals surface area (Å²) in [6.45, 7) is 1.38. The van der Waals surface area contributed by atoms with Gasteiger partial charge in [0.2, 0.25) is 0 Å². The van der Waals surface area contributed by atoms with E-state index in [2.05, 4.69) is 15.6 Å². The Bertz CT molecular complexity index is 809. The molecule has 0 unspecified atom stereocenters. The Labute approximate surface area is 144 Å². The SMILES string of the molecule is O=C(NCCCn1ccnc1)c1ccc(NC(=O)c2ccco2)cc1. The average molecular weight is 338 g/mol. The molecule has 128 valence electrons. The van der Waals surface area contributed by atoms with Gasteiger partial charge in [0.15, 0.2) is 5.76 Å². The highest BCUT2D eigenvalue weighted by Gasteiger charge is 2.09. The molecular weight excluding hydrogens is 320 g/mol. The molecule has 0 saturated heterocycles. The minimum Gasteiger partial charge on any atom is -0.459 e. The molecule has 0 atom stereocenters. The summed E-state index contributed by atoms with van der Waals surface area (Å²) in [5, 5.41) is 5.57. The summed E-state index contributed by atoms with van der Waals surface area (Å²) in [4.78, 5) is 27.9. The number of hydrogen-bond acceptors (Lipinski definition) is 4. The second-order valence-corrected chi connectivity index (χ2v) is 5.42. The maximum atomic E-state index is 12.1. The van der Waals surface area contributed by atoms with Crippen LogP contribution in [0.1, 0.15) is 27.3 Å². The van der Waals surface area contributed by atoms with Gasteiger partial charge in [-0.05, 0) is 42.8 Å². The number of aryl methyl sites for hydroxylation is 1. The molecule has 0 radical (unpaired) electrons. The lowest BCUT2D eigenvalue weighted by Gasteiger charge is -2.07. The minimum atomic E-state index is -0.332. The largest absolute Gasteiger partial charge is 0.459 e. The lowest BCUT2D eigenvalue weighted by atomic mass is 10.2. The zero-order valence-corrected chi connectivity index (χ0v) is 13.5. The van der Waals surface area contributed by atoms with E-state index in [1.807, 2.05) is 10.8 Å². The zero-order valence-electron chi connectivity index (χ0n) is 13.5. The van der Waals surface area contributed by atoms with E-state index in [-0.39, 0.29) is 17.6 Å². The number of carbonyl (C=O) groups is 2. The molecule has 0 saturated carbocycles. The Morgan fingerprint density at radius 1 is 1.12 bits per heavy atom. The Morgan fingerprint density at radius 2 is 1.96 bits per heavy atom. The highest BCUT2D eigenvalue weighted by molar-refractivity contribution is 6.02. The molecule has 3 aromatic rings. The number of amides is 2. The molecule has 2 aromatic heterocycles. The second kappa shape index (κ2) is 7.96. The summed E-state index contributed by atoms with van der Waals surface area (Å²) in [7, 11) is 0. The Balaban J connectivity index is 1.46. The lowest BCUT2D eigenvalue weighted by molar-refractivity contribution is 0.0952. The van der Waals surface area contributed by atoms with E-state index in [1.165, 1.54) is 6.26 Å². The molecule has 2 heterocycles. The number of aromatic nitrogens is 2. The lowest BCUT2D eigenvalue weighted by Crippen LogP contribution is -2.25.